The number of carbonyl (C=O) groups is 1. The molecule has 0 unspecified atom stereocenters. The van der Waals surface area contributed by atoms with Gasteiger partial charge in [-0.1, -0.05) is 41.4 Å². The van der Waals surface area contributed by atoms with Crippen LogP contribution in [0.2, 0.25) is 5.02 Å². The highest BCUT2D eigenvalue weighted by Crippen LogP contribution is 2.36. The molecule has 37 heavy (non-hydrogen) atoms. The Kier molecular flexibility index (Phi) is 8.82. The van der Waals surface area contributed by atoms with E-state index >= 15 is 0 Å². The lowest BCUT2D eigenvalue weighted by molar-refractivity contribution is -0.137. The van der Waals surface area contributed by atoms with Gasteiger partial charge in [-0.05, 0) is 60.5 Å². The molecule has 1 N–H and O–H groups in total. The van der Waals surface area contributed by atoms with E-state index in [1.807, 2.05) is 31.2 Å². The fraction of sp³-hybridized carbons (Fsp3) is 0.200. The van der Waals surface area contributed by atoms with Crippen molar-refractivity contribution in [3.8, 4) is 5.75 Å². The Bertz CT molecular complexity index is 1380. The quantitative estimate of drug-likeness (QED) is 0.293. The highest BCUT2D eigenvalue weighted by molar-refractivity contribution is 7.92. The zero-order chi connectivity index (χ0) is 27.2. The molecule has 0 heterocycles. The number of nitrogens with zero attached hydrogens (tertiary/aromatic N) is 2. The van der Waals surface area contributed by atoms with Crippen molar-refractivity contribution in [2.75, 3.05) is 17.1 Å². The van der Waals surface area contributed by atoms with Crippen LogP contribution in [0.4, 0.5) is 18.9 Å². The lowest BCUT2D eigenvalue weighted by Gasteiger charge is -2.23. The minimum absolute atomic E-state index is 0.264. The summed E-state index contributed by atoms with van der Waals surface area (Å²) in [7, 11) is -4.15. The van der Waals surface area contributed by atoms with Crippen molar-refractivity contribution in [3.05, 3.63) is 94.0 Å². The molecular formula is C25H23ClF3N3O4S. The number of hydrogen-bond donors (Lipinski definition) is 1. The molecule has 0 bridgehead atoms. The number of benzene rings is 3. The molecule has 7 nitrogen and oxygen atoms in total. The summed E-state index contributed by atoms with van der Waals surface area (Å²) in [5.41, 5.74) is 3.37. The highest BCUT2D eigenvalue weighted by atomic mass is 35.5. The lowest BCUT2D eigenvalue weighted by atomic mass is 10.2. The van der Waals surface area contributed by atoms with Crippen molar-refractivity contribution in [1.82, 2.24) is 5.43 Å². The van der Waals surface area contributed by atoms with E-state index in [2.05, 4.69) is 10.5 Å². The highest BCUT2D eigenvalue weighted by Gasteiger charge is 2.33. The number of halogens is 4. The van der Waals surface area contributed by atoms with Gasteiger partial charge in [-0.15, -0.1) is 0 Å². The number of rotatable bonds is 9. The zero-order valence-electron chi connectivity index (χ0n) is 19.8. The third-order valence-electron chi connectivity index (χ3n) is 5.04. The van der Waals surface area contributed by atoms with Gasteiger partial charge in [0, 0.05) is 0 Å². The number of aryl methyl sites for hydroxylation is 1. The average molecular weight is 554 g/mol. The van der Waals surface area contributed by atoms with Crippen LogP contribution in [-0.2, 0) is 27.6 Å². The number of nitrogens with one attached hydrogen (secondary N) is 1. The zero-order valence-corrected chi connectivity index (χ0v) is 21.4. The molecule has 0 aromatic heterocycles. The minimum atomic E-state index is -4.73. The van der Waals surface area contributed by atoms with Gasteiger partial charge in [0.25, 0.3) is 5.91 Å². The predicted molar refractivity (Wildman–Crippen MR) is 136 cm³/mol. The topological polar surface area (TPSA) is 88.1 Å². The van der Waals surface area contributed by atoms with Crippen LogP contribution in [0.1, 0.15) is 22.3 Å². The fourth-order valence-electron chi connectivity index (χ4n) is 3.11. The summed E-state index contributed by atoms with van der Waals surface area (Å²) in [5, 5.41) is 3.52. The number of hydrazone groups is 1. The molecule has 0 spiro atoms. The van der Waals surface area contributed by atoms with Gasteiger partial charge in [0.2, 0.25) is 10.0 Å². The molecule has 3 rings (SSSR count). The second-order valence-electron chi connectivity index (χ2n) is 8.07. The van der Waals surface area contributed by atoms with Crippen molar-refractivity contribution in [3.63, 3.8) is 0 Å². The Morgan fingerprint density at radius 1 is 1.08 bits per heavy atom. The second-order valence-corrected chi connectivity index (χ2v) is 10.4. The van der Waals surface area contributed by atoms with Crippen LogP contribution >= 0.6 is 11.6 Å². The maximum Gasteiger partial charge on any atom is 0.416 e. The van der Waals surface area contributed by atoms with Crippen LogP contribution < -0.4 is 14.5 Å². The first kappa shape index (κ1) is 28.0. The maximum absolute atomic E-state index is 13.1. The summed E-state index contributed by atoms with van der Waals surface area (Å²) in [4.78, 5) is 12.3. The summed E-state index contributed by atoms with van der Waals surface area (Å²) in [5.74, 6) is -0.253. The average Bonchev–Trinajstić information content (AvgIpc) is 2.82. The first-order chi connectivity index (χ1) is 17.3. The third kappa shape index (κ3) is 8.22. The van der Waals surface area contributed by atoms with E-state index in [0.29, 0.717) is 28.3 Å². The van der Waals surface area contributed by atoms with Crippen LogP contribution in [0.15, 0.2) is 71.8 Å². The smallest absolute Gasteiger partial charge is 0.416 e. The third-order valence-corrected chi connectivity index (χ3v) is 6.48. The van der Waals surface area contributed by atoms with Crippen LogP contribution in [0.3, 0.4) is 0 Å². The van der Waals surface area contributed by atoms with Crippen LogP contribution in [0, 0.1) is 6.92 Å². The molecular weight excluding hydrogens is 531 g/mol. The van der Waals surface area contributed by atoms with Gasteiger partial charge < -0.3 is 4.74 Å². The number of ether oxygens (including phenoxy) is 1. The Labute approximate surface area is 217 Å². The molecule has 0 aliphatic rings. The van der Waals surface area contributed by atoms with Gasteiger partial charge in [-0.3, -0.25) is 9.10 Å². The fourth-order valence-corrected chi connectivity index (χ4v) is 4.24. The van der Waals surface area contributed by atoms with E-state index in [-0.39, 0.29) is 5.02 Å². The standard InChI is InChI=1S/C25H23ClF3N3O4S/c1-17-3-5-19(6-4-17)16-36-21-10-7-18(8-11-21)14-30-31-24(33)15-32(37(2,34)35)23-13-20(25(27,28)29)9-12-22(23)26/h3-14H,15-16H2,1-2H3,(H,31,33)/b30-14-. The van der Waals surface area contributed by atoms with E-state index in [0.717, 1.165) is 29.5 Å². The largest absolute Gasteiger partial charge is 0.489 e. The van der Waals surface area contributed by atoms with E-state index in [1.54, 1.807) is 24.3 Å². The second kappa shape index (κ2) is 11.7. The number of anilines is 1. The predicted octanol–water partition coefficient (Wildman–Crippen LogP) is 5.16. The lowest BCUT2D eigenvalue weighted by Crippen LogP contribution is -2.39. The number of carbonyl (C=O) groups excluding carboxylic acids is 1. The number of alkyl halides is 3. The van der Waals surface area contributed by atoms with Crippen LogP contribution in [-0.4, -0.2) is 33.3 Å². The van der Waals surface area contributed by atoms with Gasteiger partial charge >= 0.3 is 6.18 Å². The SMILES string of the molecule is Cc1ccc(COc2ccc(/C=N\NC(=O)CN(c3cc(C(F)(F)F)ccc3Cl)S(C)(=O)=O)cc2)cc1. The Balaban J connectivity index is 1.62. The molecule has 0 aliphatic heterocycles. The van der Waals surface area contributed by atoms with Crippen molar-refractivity contribution < 1.29 is 31.1 Å². The minimum Gasteiger partial charge on any atom is -0.489 e. The molecule has 0 saturated carbocycles. The molecule has 0 atom stereocenters. The molecule has 0 saturated heterocycles. The van der Waals surface area contributed by atoms with E-state index in [9.17, 15) is 26.4 Å². The summed E-state index contributed by atoms with van der Waals surface area (Å²) >= 11 is 5.95. The van der Waals surface area contributed by atoms with E-state index in [4.69, 9.17) is 16.3 Å². The number of amides is 1. The molecule has 0 fully saturated rings. The van der Waals surface area contributed by atoms with Gasteiger partial charge in [0.15, 0.2) is 0 Å². The van der Waals surface area contributed by atoms with Crippen molar-refractivity contribution in [2.45, 2.75) is 19.7 Å². The molecule has 196 valence electrons. The molecule has 0 aliphatic carbocycles. The summed E-state index contributed by atoms with van der Waals surface area (Å²) < 4.78 is 69.9. The van der Waals surface area contributed by atoms with E-state index < -0.39 is 39.9 Å². The molecule has 12 heteroatoms. The van der Waals surface area contributed by atoms with Gasteiger partial charge in [-0.2, -0.15) is 18.3 Å². The Morgan fingerprint density at radius 3 is 2.32 bits per heavy atom. The van der Waals surface area contributed by atoms with Crippen molar-refractivity contribution >= 4 is 39.4 Å². The monoisotopic (exact) mass is 553 g/mol. The van der Waals surface area contributed by atoms with Gasteiger partial charge in [-0.25, -0.2) is 13.8 Å². The molecule has 3 aromatic rings. The Hall–Kier alpha value is -3.57. The first-order valence-electron chi connectivity index (χ1n) is 10.8. The van der Waals surface area contributed by atoms with E-state index in [1.165, 1.54) is 6.21 Å². The molecule has 0 radical (unpaired) electrons. The summed E-state index contributed by atoms with van der Waals surface area (Å²) in [6.45, 7) is 1.57. The normalized spacial score (nSPS) is 11.9. The number of sulfonamides is 1. The summed E-state index contributed by atoms with van der Waals surface area (Å²) in [6.07, 6.45) is -2.65. The van der Waals surface area contributed by atoms with Crippen molar-refractivity contribution in [1.29, 1.82) is 0 Å². The van der Waals surface area contributed by atoms with Crippen molar-refractivity contribution in [2.24, 2.45) is 5.10 Å². The Morgan fingerprint density at radius 2 is 1.73 bits per heavy atom. The van der Waals surface area contributed by atoms with Gasteiger partial charge in [0.1, 0.15) is 18.9 Å². The maximum atomic E-state index is 13.1. The van der Waals surface area contributed by atoms with Crippen LogP contribution in [0.5, 0.6) is 5.75 Å². The molecule has 3 aromatic carbocycles. The summed E-state index contributed by atoms with van der Waals surface area (Å²) in [6, 6.07) is 17.0. The van der Waals surface area contributed by atoms with Gasteiger partial charge in [0.05, 0.1) is 28.7 Å². The molecule has 1 amide bonds. The number of hydrogen-bond acceptors (Lipinski definition) is 5. The first-order valence-corrected chi connectivity index (χ1v) is 13.0. The van der Waals surface area contributed by atoms with Crippen LogP contribution in [0.25, 0.3) is 0 Å².